The van der Waals surface area contributed by atoms with Gasteiger partial charge in [0.1, 0.15) is 0 Å². The molecular formula is C88H20. The predicted molar refractivity (Wildman–Crippen MR) is 360 cm³/mol. The predicted octanol–water partition coefficient (Wildman–Crippen LogP) is 21.4. The Morgan fingerprint density at radius 1 is 0.125 bits per heavy atom. The van der Waals surface area contributed by atoms with Crippen molar-refractivity contribution in [1.82, 2.24) is 0 Å². The zero-order valence-electron chi connectivity index (χ0n) is 45.5. The molecule has 28 aromatic rings. The zero-order chi connectivity index (χ0) is 52.6. The summed E-state index contributed by atoms with van der Waals surface area (Å²) in [6.07, 6.45) is 0. The van der Waals surface area contributed by atoms with E-state index in [9.17, 15) is 0 Å². The van der Waals surface area contributed by atoms with Crippen LogP contribution in [-0.2, 0) is 21.7 Å². The SMILES string of the molecule is c1ccc2c(c1)C1c3ccccc3C2C23c4c5c6c7c8c9c(c%10c%11c2c2c4c4c%12c5c5c6c6c8c8c%13c%14c%15c%16c%17c%18c%19c%20c%21c%22c%23c(c%14c%14c%24c%23c%23c%22c%22c%20c(c2c%22c%11c%23c%10c%24c9c%148)c4c%19c%12c%17c5c%16c%136)C%152C4c5ccccc5C(c5ccccc54)C%18%212)C713. The van der Waals surface area contributed by atoms with Gasteiger partial charge in [-0.1, -0.05) is 97.1 Å². The highest BCUT2D eigenvalue weighted by atomic mass is 14.8. The molecule has 28 aromatic carbocycles. The Balaban J connectivity index is 1.02. The fraction of sp³-hybridized carbons (Fsp3) is 0.0909. The van der Waals surface area contributed by atoms with Gasteiger partial charge in [-0.2, -0.15) is 0 Å². The van der Waals surface area contributed by atoms with E-state index in [0.717, 1.165) is 0 Å². The summed E-state index contributed by atoms with van der Waals surface area (Å²) >= 11 is 0. The van der Waals surface area contributed by atoms with Gasteiger partial charge in [0.15, 0.2) is 0 Å². The van der Waals surface area contributed by atoms with Crippen molar-refractivity contribution in [2.45, 2.75) is 45.3 Å². The van der Waals surface area contributed by atoms with Gasteiger partial charge in [0.05, 0.1) is 0 Å². The highest BCUT2D eigenvalue weighted by Gasteiger charge is 2.81. The minimum absolute atomic E-state index is 0.162. The van der Waals surface area contributed by atoms with Gasteiger partial charge < -0.3 is 0 Å². The molecule has 0 heterocycles. The average molecular weight is 1080 g/mol. The summed E-state index contributed by atoms with van der Waals surface area (Å²) in [4.78, 5) is 0. The Morgan fingerprint density at radius 2 is 0.216 bits per heavy atom. The van der Waals surface area contributed by atoms with E-state index < -0.39 is 0 Å². The topological polar surface area (TPSA) is 0 Å². The Morgan fingerprint density at radius 3 is 0.318 bits per heavy atom. The van der Waals surface area contributed by atoms with E-state index >= 15 is 0 Å². The third-order valence-electron chi connectivity index (χ3n) is 32.6. The van der Waals surface area contributed by atoms with E-state index in [1.165, 1.54) is 0 Å². The summed E-state index contributed by atoms with van der Waals surface area (Å²) in [6.45, 7) is 0. The lowest BCUT2D eigenvalue weighted by Gasteiger charge is -2.67. The molecule has 0 atom stereocenters. The van der Waals surface area contributed by atoms with Crippen molar-refractivity contribution in [1.29, 1.82) is 0 Å². The standard InChI is InChI=1S/C88H20/c1-2-10-18-17(9-1)73-19-11-3-4-12-20(19)74(18)86-79-59-43-29-31-47-35(43)36-44-30-32-48(36)64-63(47)83-71-55(31)39-37-49-25-27-45-33-34-42-26-28-46(34)62-61(45)81(69(71)53(27)39)87-75-21-13-5-7-15-23(21)76(24-16-8-6-14-22(24)75)88(83,87)84(64)72-56(32)40(54(28)70(72)82(62)87)38-50(26)66(68(52(30)38)80(86)60(44)59)78-58(42)57(41(25)33)77(85(73,78)86)65(49)67(79)51(29)37/h1-16,73-76H. The number of hydrogen-bond donors (Lipinski definition) is 0. The maximum atomic E-state index is 2.66. The first-order chi connectivity index (χ1) is 43.9. The average Bonchev–Trinajstić information content (AvgIpc) is 1.37. The minimum atomic E-state index is -0.354. The summed E-state index contributed by atoms with van der Waals surface area (Å²) in [5, 5.41) is 81.6. The van der Waals surface area contributed by atoms with Gasteiger partial charge in [-0.3, -0.25) is 0 Å². The number of rotatable bonds is 0. The van der Waals surface area contributed by atoms with Crippen LogP contribution in [0, 0.1) is 0 Å². The molecule has 14 aliphatic rings. The van der Waals surface area contributed by atoms with Crippen LogP contribution < -0.4 is 0 Å². The van der Waals surface area contributed by atoms with Crippen LogP contribution in [0.2, 0.25) is 0 Å². The van der Waals surface area contributed by atoms with Gasteiger partial charge in [-0.25, -0.2) is 0 Å². The quantitative estimate of drug-likeness (QED) is 0.133. The van der Waals surface area contributed by atoms with Crippen molar-refractivity contribution >= 4 is 259 Å². The second kappa shape index (κ2) is 8.02. The normalized spacial score (nSPS) is 28.2. The monoisotopic (exact) mass is 1080 g/mol. The molecule has 0 radical (unpaired) electrons. The summed E-state index contributed by atoms with van der Waals surface area (Å²) in [6, 6.07) is 40.8. The molecule has 0 aromatic heterocycles. The first-order valence-corrected chi connectivity index (χ1v) is 33.3. The second-order valence-corrected chi connectivity index (χ2v) is 32.5. The molecule has 0 aliphatic heterocycles. The third kappa shape index (κ3) is 1.86. The lowest BCUT2D eigenvalue weighted by molar-refractivity contribution is 0.218. The largest absolute Gasteiger partial charge is 0.0620 e. The molecule has 4 bridgehead atoms. The molecule has 372 valence electrons. The van der Waals surface area contributed by atoms with Crippen LogP contribution in [0.25, 0.3) is 259 Å². The Labute approximate surface area is 486 Å². The first-order valence-electron chi connectivity index (χ1n) is 33.3. The van der Waals surface area contributed by atoms with Crippen LogP contribution in [-0.4, -0.2) is 0 Å². The molecule has 4 spiro atoms. The maximum absolute atomic E-state index is 2.66. The van der Waals surface area contributed by atoms with Crippen LogP contribution in [0.4, 0.5) is 0 Å². The molecule has 88 heavy (non-hydrogen) atoms. The van der Waals surface area contributed by atoms with Gasteiger partial charge in [0, 0.05) is 45.3 Å². The van der Waals surface area contributed by atoms with E-state index in [0.29, 0.717) is 0 Å². The second-order valence-electron chi connectivity index (χ2n) is 32.5. The minimum Gasteiger partial charge on any atom is -0.0620 e. The zero-order valence-corrected chi connectivity index (χ0v) is 45.5. The van der Waals surface area contributed by atoms with Crippen molar-refractivity contribution in [2.24, 2.45) is 0 Å². The fourth-order valence-electron chi connectivity index (χ4n) is 33.0. The van der Waals surface area contributed by atoms with E-state index in [-0.39, 0.29) is 45.3 Å². The molecule has 0 fully saturated rings. The summed E-state index contributed by atoms with van der Waals surface area (Å²) in [5.74, 6) is 0.648. The van der Waals surface area contributed by atoms with E-state index in [4.69, 9.17) is 0 Å². The summed E-state index contributed by atoms with van der Waals surface area (Å²) in [7, 11) is 0. The van der Waals surface area contributed by atoms with Crippen molar-refractivity contribution in [3.05, 3.63) is 186 Å². The van der Waals surface area contributed by atoms with Crippen molar-refractivity contribution in [3.63, 3.8) is 0 Å². The molecular weight excluding hydrogens is 1060 g/mol. The van der Waals surface area contributed by atoms with Gasteiger partial charge >= 0.3 is 0 Å². The lowest BCUT2D eigenvalue weighted by Crippen LogP contribution is -2.63. The molecule has 0 saturated carbocycles. The van der Waals surface area contributed by atoms with Crippen LogP contribution >= 0.6 is 0 Å². The summed E-state index contributed by atoms with van der Waals surface area (Å²) < 4.78 is 0. The molecule has 14 aliphatic carbocycles. The van der Waals surface area contributed by atoms with Crippen LogP contribution in [0.3, 0.4) is 0 Å². The van der Waals surface area contributed by atoms with Gasteiger partial charge in [-0.15, -0.1) is 0 Å². The van der Waals surface area contributed by atoms with Crippen molar-refractivity contribution in [2.75, 3.05) is 0 Å². The Bertz CT molecular complexity index is 7410. The third-order valence-corrected chi connectivity index (χ3v) is 32.6. The van der Waals surface area contributed by atoms with Gasteiger partial charge in [0.2, 0.25) is 0 Å². The van der Waals surface area contributed by atoms with E-state index in [1.807, 2.05) is 0 Å². The molecule has 0 heteroatoms. The Kier molecular flexibility index (Phi) is 3.11. The Hall–Kier alpha value is -10.4. The highest BCUT2D eigenvalue weighted by Crippen LogP contribution is 2.93. The molecule has 0 N–H and O–H groups in total. The molecule has 42 rings (SSSR count). The molecule has 0 unspecified atom stereocenters. The highest BCUT2D eigenvalue weighted by molar-refractivity contribution is 6.77. The number of benzene rings is 20. The number of hydrogen-bond acceptors (Lipinski definition) is 0. The van der Waals surface area contributed by atoms with Crippen LogP contribution in [0.15, 0.2) is 97.1 Å². The smallest absolute Gasteiger partial charge is 0.0484 e. The van der Waals surface area contributed by atoms with E-state index in [2.05, 4.69) is 97.1 Å². The summed E-state index contributed by atoms with van der Waals surface area (Å²) in [5.41, 5.74) is 26.0. The molecule has 0 nitrogen and oxygen atoms in total. The van der Waals surface area contributed by atoms with E-state index in [1.54, 1.807) is 348 Å². The van der Waals surface area contributed by atoms with Crippen molar-refractivity contribution in [3.8, 4) is 0 Å². The lowest BCUT2D eigenvalue weighted by atomic mass is 9.33. The fourth-order valence-corrected chi connectivity index (χ4v) is 33.0. The molecule has 0 saturated heterocycles. The van der Waals surface area contributed by atoms with Crippen LogP contribution in [0.1, 0.15) is 113 Å². The van der Waals surface area contributed by atoms with Crippen LogP contribution in [0.5, 0.6) is 0 Å². The van der Waals surface area contributed by atoms with Crippen molar-refractivity contribution < 1.29 is 0 Å². The maximum Gasteiger partial charge on any atom is 0.0484 e. The molecule has 0 amide bonds. The first kappa shape index (κ1) is 34.1. The van der Waals surface area contributed by atoms with Gasteiger partial charge in [-0.05, 0) is 348 Å². The van der Waals surface area contributed by atoms with Gasteiger partial charge in [0.25, 0.3) is 0 Å².